The van der Waals surface area contributed by atoms with Crippen molar-refractivity contribution in [3.05, 3.63) is 77.6 Å². The van der Waals surface area contributed by atoms with Crippen LogP contribution in [0.2, 0.25) is 0 Å². The minimum atomic E-state index is -0.352. The van der Waals surface area contributed by atoms with Crippen LogP contribution in [-0.4, -0.2) is 15.5 Å². The zero-order valence-corrected chi connectivity index (χ0v) is 12.7. The number of nitrogens with zero attached hydrogens (tertiary/aromatic N) is 2. The highest BCUT2D eigenvalue weighted by molar-refractivity contribution is 5.93. The number of benzene rings is 2. The first-order valence-corrected chi connectivity index (χ1v) is 7.54. The Labute approximate surface area is 137 Å². The predicted octanol–water partition coefficient (Wildman–Crippen LogP) is 2.83. The number of halogens is 1. The van der Waals surface area contributed by atoms with E-state index in [1.54, 1.807) is 24.5 Å². The molecule has 1 aliphatic rings. The first-order valence-electron chi connectivity index (χ1n) is 7.54. The van der Waals surface area contributed by atoms with Gasteiger partial charge in [-0.25, -0.2) is 9.37 Å². The van der Waals surface area contributed by atoms with Crippen molar-refractivity contribution in [3.8, 4) is 11.4 Å². The number of carbonyl (C=O) groups excluding carboxylic acids is 1. The third-order valence-corrected chi connectivity index (χ3v) is 3.97. The lowest BCUT2D eigenvalue weighted by molar-refractivity contribution is 0.0943. The maximum Gasteiger partial charge on any atom is 0.272 e. The van der Waals surface area contributed by atoms with E-state index >= 15 is 0 Å². The van der Waals surface area contributed by atoms with Crippen LogP contribution in [0.5, 0.6) is 5.75 Å². The van der Waals surface area contributed by atoms with Crippen molar-refractivity contribution in [2.45, 2.75) is 13.2 Å². The van der Waals surface area contributed by atoms with E-state index in [1.165, 1.54) is 6.07 Å². The Balaban J connectivity index is 1.57. The second-order valence-electron chi connectivity index (χ2n) is 5.44. The van der Waals surface area contributed by atoms with E-state index < -0.39 is 0 Å². The van der Waals surface area contributed by atoms with Gasteiger partial charge in [-0.3, -0.25) is 9.36 Å². The van der Waals surface area contributed by atoms with E-state index in [0.717, 1.165) is 11.4 Å². The molecule has 5 nitrogen and oxygen atoms in total. The SMILES string of the molecule is O=C(NCc1ccccc1F)c1ncn2c1COc1ccccc1-2. The summed E-state index contributed by atoms with van der Waals surface area (Å²) in [6, 6.07) is 13.9. The number of imidazole rings is 1. The molecule has 0 saturated carbocycles. The van der Waals surface area contributed by atoms with Gasteiger partial charge >= 0.3 is 0 Å². The quantitative estimate of drug-likeness (QED) is 0.806. The standard InChI is InChI=1S/C18H14FN3O2/c19-13-6-2-1-5-12(13)9-20-18(23)17-15-10-24-16-8-4-3-7-14(16)22(15)11-21-17/h1-8,11H,9-10H2,(H,20,23). The molecule has 1 aromatic heterocycles. The van der Waals surface area contributed by atoms with E-state index in [0.29, 0.717) is 17.0 Å². The minimum Gasteiger partial charge on any atom is -0.485 e. The molecule has 2 aromatic carbocycles. The molecule has 1 N–H and O–H groups in total. The van der Waals surface area contributed by atoms with Gasteiger partial charge in [-0.15, -0.1) is 0 Å². The van der Waals surface area contributed by atoms with Crippen LogP contribution in [0.4, 0.5) is 4.39 Å². The van der Waals surface area contributed by atoms with Gasteiger partial charge in [-0.05, 0) is 18.2 Å². The van der Waals surface area contributed by atoms with E-state index in [4.69, 9.17) is 4.74 Å². The number of rotatable bonds is 3. The van der Waals surface area contributed by atoms with Crippen molar-refractivity contribution in [1.82, 2.24) is 14.9 Å². The van der Waals surface area contributed by atoms with Crippen molar-refractivity contribution < 1.29 is 13.9 Å². The fourth-order valence-electron chi connectivity index (χ4n) is 2.73. The zero-order valence-electron chi connectivity index (χ0n) is 12.7. The molecule has 0 fully saturated rings. The fraction of sp³-hybridized carbons (Fsp3) is 0.111. The second kappa shape index (κ2) is 5.81. The molecule has 0 unspecified atom stereocenters. The van der Waals surface area contributed by atoms with E-state index in [2.05, 4.69) is 10.3 Å². The molecule has 1 aliphatic heterocycles. The van der Waals surface area contributed by atoms with Gasteiger partial charge < -0.3 is 10.1 Å². The summed E-state index contributed by atoms with van der Waals surface area (Å²) in [5.41, 5.74) is 2.25. The molecule has 4 rings (SSSR count). The molecule has 0 spiro atoms. The number of hydrogen-bond acceptors (Lipinski definition) is 3. The monoisotopic (exact) mass is 323 g/mol. The first kappa shape index (κ1) is 14.4. The summed E-state index contributed by atoms with van der Waals surface area (Å²) in [6.45, 7) is 0.370. The van der Waals surface area contributed by atoms with Crippen LogP contribution < -0.4 is 10.1 Å². The number of ether oxygens (including phenoxy) is 1. The van der Waals surface area contributed by atoms with E-state index in [9.17, 15) is 9.18 Å². The lowest BCUT2D eigenvalue weighted by Gasteiger charge is -2.20. The number of fused-ring (bicyclic) bond motifs is 3. The zero-order chi connectivity index (χ0) is 16.5. The number of nitrogens with one attached hydrogen (secondary N) is 1. The van der Waals surface area contributed by atoms with Crippen molar-refractivity contribution in [1.29, 1.82) is 0 Å². The van der Waals surface area contributed by atoms with Crippen LogP contribution in [0.1, 0.15) is 21.7 Å². The maximum atomic E-state index is 13.6. The largest absolute Gasteiger partial charge is 0.485 e. The molecule has 2 heterocycles. The third kappa shape index (κ3) is 2.42. The van der Waals surface area contributed by atoms with Gasteiger partial charge in [0.05, 0.1) is 11.4 Å². The highest BCUT2D eigenvalue weighted by atomic mass is 19.1. The van der Waals surface area contributed by atoms with Crippen LogP contribution >= 0.6 is 0 Å². The van der Waals surface area contributed by atoms with Gasteiger partial charge in [-0.1, -0.05) is 30.3 Å². The van der Waals surface area contributed by atoms with Gasteiger partial charge in [0.1, 0.15) is 24.5 Å². The van der Waals surface area contributed by atoms with Gasteiger partial charge in [-0.2, -0.15) is 0 Å². The van der Waals surface area contributed by atoms with Crippen LogP contribution in [0.25, 0.3) is 5.69 Å². The summed E-state index contributed by atoms with van der Waals surface area (Å²) in [6.07, 6.45) is 1.61. The molecule has 1 amide bonds. The topological polar surface area (TPSA) is 56.2 Å². The van der Waals surface area contributed by atoms with Gasteiger partial charge in [0.15, 0.2) is 5.69 Å². The van der Waals surface area contributed by atoms with Crippen LogP contribution in [0.15, 0.2) is 54.9 Å². The molecular weight excluding hydrogens is 309 g/mol. The minimum absolute atomic E-state index is 0.106. The summed E-state index contributed by atoms with van der Waals surface area (Å²) in [5, 5.41) is 2.71. The van der Waals surface area contributed by atoms with E-state index in [1.807, 2.05) is 28.8 Å². The van der Waals surface area contributed by atoms with Gasteiger partial charge in [0, 0.05) is 12.1 Å². The first-order chi connectivity index (χ1) is 11.7. The summed E-state index contributed by atoms with van der Waals surface area (Å²) < 4.78 is 21.2. The number of para-hydroxylation sites is 2. The predicted molar refractivity (Wildman–Crippen MR) is 85.5 cm³/mol. The smallest absolute Gasteiger partial charge is 0.272 e. The molecule has 0 bridgehead atoms. The number of hydrogen-bond donors (Lipinski definition) is 1. The maximum absolute atomic E-state index is 13.6. The fourth-order valence-corrected chi connectivity index (χ4v) is 2.73. The number of carbonyl (C=O) groups is 1. The van der Waals surface area contributed by atoms with Crippen LogP contribution in [0, 0.1) is 5.82 Å². The molecular formula is C18H14FN3O2. The summed E-state index contributed by atoms with van der Waals surface area (Å²) in [4.78, 5) is 16.6. The van der Waals surface area contributed by atoms with Crippen LogP contribution in [0.3, 0.4) is 0 Å². The molecule has 0 aliphatic carbocycles. The molecule has 24 heavy (non-hydrogen) atoms. The Morgan fingerprint density at radius 2 is 2.00 bits per heavy atom. The van der Waals surface area contributed by atoms with Crippen LogP contribution in [-0.2, 0) is 13.2 Å². The summed E-state index contributed by atoms with van der Waals surface area (Å²) >= 11 is 0. The highest BCUT2D eigenvalue weighted by Crippen LogP contribution is 2.30. The number of amides is 1. The molecule has 0 saturated heterocycles. The average molecular weight is 323 g/mol. The normalized spacial score (nSPS) is 12.0. The van der Waals surface area contributed by atoms with Gasteiger partial charge in [0.25, 0.3) is 5.91 Å². The second-order valence-corrected chi connectivity index (χ2v) is 5.44. The Hall–Kier alpha value is -3.15. The molecule has 120 valence electrons. The highest BCUT2D eigenvalue weighted by Gasteiger charge is 2.24. The van der Waals surface area contributed by atoms with Crippen molar-refractivity contribution >= 4 is 5.91 Å². The van der Waals surface area contributed by atoms with Gasteiger partial charge in [0.2, 0.25) is 0 Å². The molecule has 0 radical (unpaired) electrons. The average Bonchev–Trinajstić information content (AvgIpc) is 3.05. The number of aromatic nitrogens is 2. The summed E-state index contributed by atoms with van der Waals surface area (Å²) in [7, 11) is 0. The van der Waals surface area contributed by atoms with Crippen molar-refractivity contribution in [2.24, 2.45) is 0 Å². The molecule has 6 heteroatoms. The Morgan fingerprint density at radius 3 is 2.88 bits per heavy atom. The Bertz CT molecular complexity index is 920. The lowest BCUT2D eigenvalue weighted by Crippen LogP contribution is -2.26. The van der Waals surface area contributed by atoms with Crippen molar-refractivity contribution in [3.63, 3.8) is 0 Å². The summed E-state index contributed by atoms with van der Waals surface area (Å²) in [5.74, 6) is 0.0534. The Morgan fingerprint density at radius 1 is 1.21 bits per heavy atom. The van der Waals surface area contributed by atoms with Crippen molar-refractivity contribution in [2.75, 3.05) is 0 Å². The van der Waals surface area contributed by atoms with E-state index in [-0.39, 0.29) is 24.9 Å². The Kier molecular flexibility index (Phi) is 3.49. The molecule has 0 atom stereocenters. The lowest BCUT2D eigenvalue weighted by atomic mass is 10.2. The third-order valence-electron chi connectivity index (χ3n) is 3.97. The molecule has 3 aromatic rings.